The molecule has 0 saturated carbocycles. The summed E-state index contributed by atoms with van der Waals surface area (Å²) in [6.07, 6.45) is 0.940. The van der Waals surface area contributed by atoms with E-state index < -0.39 is 6.09 Å². The number of hydrogen-bond donors (Lipinski definition) is 2. The van der Waals surface area contributed by atoms with E-state index >= 15 is 0 Å². The first-order valence-electron chi connectivity index (χ1n) is 12.2. The van der Waals surface area contributed by atoms with Gasteiger partial charge in [-0.1, -0.05) is 36.4 Å². The summed E-state index contributed by atoms with van der Waals surface area (Å²) in [6, 6.07) is 20.0. The van der Waals surface area contributed by atoms with Crippen molar-refractivity contribution in [1.82, 2.24) is 24.8 Å². The first-order valence-corrected chi connectivity index (χ1v) is 12.2. The second-order valence-corrected chi connectivity index (χ2v) is 9.09. The smallest absolute Gasteiger partial charge is 0.408 e. The normalized spacial score (nSPS) is 14.7. The number of carbonyl (C=O) groups is 1. The van der Waals surface area contributed by atoms with E-state index in [1.807, 2.05) is 18.2 Å². The third-order valence-electron chi connectivity index (χ3n) is 6.56. The molecule has 5 rings (SSSR count). The van der Waals surface area contributed by atoms with Crippen molar-refractivity contribution in [2.24, 2.45) is 5.73 Å². The van der Waals surface area contributed by atoms with Gasteiger partial charge in [-0.2, -0.15) is 0 Å². The van der Waals surface area contributed by atoms with Gasteiger partial charge < -0.3 is 20.4 Å². The molecule has 0 unspecified atom stereocenters. The standard InChI is InChI=1S/C27H31N7O2/c1-32(12-13-33-14-16-34(17-15-33)19-20-6-3-2-4-7-20)24-11-10-21(18-29-24)26-30-22-8-5-9-23(25(22)31-26)36-27(28)35/h2-11,18H,12-17,19H2,1H3,(H2,28,35)(H,30,31). The molecule has 0 aliphatic carbocycles. The van der Waals surface area contributed by atoms with Crippen LogP contribution in [-0.2, 0) is 6.54 Å². The van der Waals surface area contributed by atoms with Gasteiger partial charge in [-0.3, -0.25) is 9.80 Å². The van der Waals surface area contributed by atoms with Gasteiger partial charge >= 0.3 is 6.09 Å². The first-order chi connectivity index (χ1) is 17.5. The van der Waals surface area contributed by atoms with Gasteiger partial charge in [0.1, 0.15) is 17.2 Å². The molecule has 0 atom stereocenters. The predicted octanol–water partition coefficient (Wildman–Crippen LogP) is 3.34. The monoisotopic (exact) mass is 485 g/mol. The molecule has 2 aromatic carbocycles. The lowest BCUT2D eigenvalue weighted by Gasteiger charge is -2.35. The van der Waals surface area contributed by atoms with Crippen molar-refractivity contribution in [2.75, 3.05) is 51.2 Å². The number of imidazole rings is 1. The van der Waals surface area contributed by atoms with E-state index in [9.17, 15) is 4.79 Å². The molecule has 1 saturated heterocycles. The number of anilines is 1. The molecule has 0 spiro atoms. The second-order valence-electron chi connectivity index (χ2n) is 9.09. The highest BCUT2D eigenvalue weighted by atomic mass is 16.5. The molecular formula is C27H31N7O2. The first kappa shape index (κ1) is 23.8. The van der Waals surface area contributed by atoms with Gasteiger partial charge in [0.2, 0.25) is 0 Å². The van der Waals surface area contributed by atoms with Crippen LogP contribution in [0.3, 0.4) is 0 Å². The van der Waals surface area contributed by atoms with Crippen LogP contribution in [0.4, 0.5) is 10.6 Å². The summed E-state index contributed by atoms with van der Waals surface area (Å²) in [5, 5.41) is 0. The zero-order chi connectivity index (χ0) is 24.9. The Hall–Kier alpha value is -3.95. The number of piperazine rings is 1. The molecule has 2 aromatic heterocycles. The van der Waals surface area contributed by atoms with Gasteiger partial charge in [0.25, 0.3) is 0 Å². The number of amides is 1. The third-order valence-corrected chi connectivity index (χ3v) is 6.56. The van der Waals surface area contributed by atoms with E-state index in [0.717, 1.165) is 62.7 Å². The second kappa shape index (κ2) is 10.8. The molecule has 3 N–H and O–H groups in total. The number of nitrogens with two attached hydrogens (primary N) is 1. The number of nitrogens with zero attached hydrogens (tertiary/aromatic N) is 5. The molecule has 1 aliphatic heterocycles. The Kier molecular flexibility index (Phi) is 7.11. The fourth-order valence-corrected chi connectivity index (χ4v) is 4.50. The van der Waals surface area contributed by atoms with Crippen LogP contribution in [0, 0.1) is 0 Å². The average molecular weight is 486 g/mol. The molecular weight excluding hydrogens is 454 g/mol. The Labute approximate surface area is 210 Å². The largest absolute Gasteiger partial charge is 0.410 e. The van der Waals surface area contributed by atoms with Crippen molar-refractivity contribution in [3.05, 3.63) is 72.4 Å². The molecule has 9 heteroatoms. The van der Waals surface area contributed by atoms with Crippen molar-refractivity contribution in [1.29, 1.82) is 0 Å². The minimum Gasteiger partial charge on any atom is -0.408 e. The van der Waals surface area contributed by atoms with E-state index in [1.54, 1.807) is 18.3 Å². The molecule has 4 aromatic rings. The van der Waals surface area contributed by atoms with Gasteiger partial charge in [0, 0.05) is 64.6 Å². The number of aromatic amines is 1. The lowest BCUT2D eigenvalue weighted by atomic mass is 10.2. The maximum Gasteiger partial charge on any atom is 0.410 e. The van der Waals surface area contributed by atoms with Gasteiger partial charge in [-0.25, -0.2) is 14.8 Å². The van der Waals surface area contributed by atoms with E-state index in [1.165, 1.54) is 5.56 Å². The maximum atomic E-state index is 11.2. The van der Waals surface area contributed by atoms with E-state index in [-0.39, 0.29) is 0 Å². The molecule has 1 aliphatic rings. The minimum absolute atomic E-state index is 0.327. The fourth-order valence-electron chi connectivity index (χ4n) is 4.50. The molecule has 36 heavy (non-hydrogen) atoms. The molecule has 9 nitrogen and oxygen atoms in total. The number of fused-ring (bicyclic) bond motifs is 1. The number of primary amides is 1. The highest BCUT2D eigenvalue weighted by Crippen LogP contribution is 2.27. The van der Waals surface area contributed by atoms with Crippen molar-refractivity contribution >= 4 is 22.9 Å². The highest BCUT2D eigenvalue weighted by molar-refractivity contribution is 5.87. The third kappa shape index (κ3) is 5.64. The predicted molar refractivity (Wildman–Crippen MR) is 141 cm³/mol. The van der Waals surface area contributed by atoms with Gasteiger partial charge in [0.15, 0.2) is 5.75 Å². The lowest BCUT2D eigenvalue weighted by Crippen LogP contribution is -2.47. The molecule has 1 fully saturated rings. The van der Waals surface area contributed by atoms with Crippen LogP contribution in [0.15, 0.2) is 66.9 Å². The van der Waals surface area contributed by atoms with Crippen molar-refractivity contribution < 1.29 is 9.53 Å². The van der Waals surface area contributed by atoms with Gasteiger partial charge in [-0.15, -0.1) is 0 Å². The molecule has 1 amide bonds. The summed E-state index contributed by atoms with van der Waals surface area (Å²) in [7, 11) is 2.07. The lowest BCUT2D eigenvalue weighted by molar-refractivity contribution is 0.129. The number of para-hydroxylation sites is 1. The fraction of sp³-hybridized carbons (Fsp3) is 0.296. The van der Waals surface area contributed by atoms with Gasteiger partial charge in [-0.05, 0) is 29.8 Å². The van der Waals surface area contributed by atoms with Crippen LogP contribution in [0.1, 0.15) is 5.56 Å². The Balaban J connectivity index is 1.14. The quantitative estimate of drug-likeness (QED) is 0.395. The Bertz CT molecular complexity index is 1300. The SMILES string of the molecule is CN(CCN1CCN(Cc2ccccc2)CC1)c1ccc(-c2nc3c(OC(N)=O)cccc3[nH]2)cn1. The number of pyridine rings is 1. The zero-order valence-electron chi connectivity index (χ0n) is 20.4. The van der Waals surface area contributed by atoms with Crippen LogP contribution in [0.25, 0.3) is 22.4 Å². The number of benzene rings is 2. The highest BCUT2D eigenvalue weighted by Gasteiger charge is 2.18. The molecule has 0 radical (unpaired) electrons. The Morgan fingerprint density at radius 3 is 2.53 bits per heavy atom. The van der Waals surface area contributed by atoms with Crippen LogP contribution >= 0.6 is 0 Å². The summed E-state index contributed by atoms with van der Waals surface area (Å²) in [4.78, 5) is 30.9. The molecule has 3 heterocycles. The van der Waals surface area contributed by atoms with Crippen LogP contribution < -0.4 is 15.4 Å². The number of hydrogen-bond acceptors (Lipinski definition) is 7. The van der Waals surface area contributed by atoms with Crippen molar-refractivity contribution in [3.8, 4) is 17.1 Å². The van der Waals surface area contributed by atoms with Crippen LogP contribution in [0.2, 0.25) is 0 Å². The van der Waals surface area contributed by atoms with E-state index in [0.29, 0.717) is 17.1 Å². The van der Waals surface area contributed by atoms with Crippen LogP contribution in [-0.4, -0.2) is 77.2 Å². The number of rotatable bonds is 8. The summed E-state index contributed by atoms with van der Waals surface area (Å²) in [6.45, 7) is 7.29. The van der Waals surface area contributed by atoms with Crippen LogP contribution in [0.5, 0.6) is 5.75 Å². The Morgan fingerprint density at radius 1 is 1.03 bits per heavy atom. The van der Waals surface area contributed by atoms with Crippen molar-refractivity contribution in [2.45, 2.75) is 6.54 Å². The minimum atomic E-state index is -0.866. The number of nitrogens with one attached hydrogen (secondary N) is 1. The van der Waals surface area contributed by atoms with E-state index in [4.69, 9.17) is 10.5 Å². The molecule has 186 valence electrons. The summed E-state index contributed by atoms with van der Waals surface area (Å²) in [5.74, 6) is 1.89. The maximum absolute atomic E-state index is 11.2. The summed E-state index contributed by atoms with van der Waals surface area (Å²) in [5.41, 5.74) is 8.70. The summed E-state index contributed by atoms with van der Waals surface area (Å²) >= 11 is 0. The number of H-pyrrole nitrogens is 1. The Morgan fingerprint density at radius 2 is 1.81 bits per heavy atom. The molecule has 0 bridgehead atoms. The van der Waals surface area contributed by atoms with Gasteiger partial charge in [0.05, 0.1) is 5.52 Å². The number of ether oxygens (including phenoxy) is 1. The zero-order valence-corrected chi connectivity index (χ0v) is 20.4. The number of aromatic nitrogens is 3. The topological polar surface area (TPSA) is 104 Å². The van der Waals surface area contributed by atoms with E-state index in [2.05, 4.69) is 67.0 Å². The number of carbonyl (C=O) groups excluding carboxylic acids is 1. The number of likely N-dealkylation sites (N-methyl/N-ethyl adjacent to an activating group) is 1. The average Bonchev–Trinajstić information content (AvgIpc) is 3.34. The van der Waals surface area contributed by atoms with Crippen molar-refractivity contribution in [3.63, 3.8) is 0 Å². The summed E-state index contributed by atoms with van der Waals surface area (Å²) < 4.78 is 5.06.